The van der Waals surface area contributed by atoms with Crippen LogP contribution in [0, 0.1) is 13.8 Å². The number of ether oxygens (including phenoxy) is 1. The molecule has 0 radical (unpaired) electrons. The molecule has 0 aliphatic rings. The lowest BCUT2D eigenvalue weighted by Gasteiger charge is -2.10. The summed E-state index contributed by atoms with van der Waals surface area (Å²) in [6, 6.07) is 24.5. The molecule has 0 fully saturated rings. The lowest BCUT2D eigenvalue weighted by Crippen LogP contribution is -2.16. The highest BCUT2D eigenvalue weighted by Crippen LogP contribution is 2.19. The van der Waals surface area contributed by atoms with E-state index in [1.54, 1.807) is 44.2 Å². The molecule has 0 unspecified atom stereocenters. The van der Waals surface area contributed by atoms with Crippen LogP contribution in [0.4, 0.5) is 11.6 Å². The van der Waals surface area contributed by atoms with E-state index in [0.717, 1.165) is 6.42 Å². The van der Waals surface area contributed by atoms with E-state index in [2.05, 4.69) is 32.1 Å². The molecule has 1 amide bonds. The van der Waals surface area contributed by atoms with Gasteiger partial charge in [-0.05, 0) is 74.0 Å². The topological polar surface area (TPSA) is 110 Å². The van der Waals surface area contributed by atoms with Crippen LogP contribution >= 0.6 is 0 Å². The molecule has 9 heteroatoms. The predicted octanol–water partition coefficient (Wildman–Crippen LogP) is 4.77. The van der Waals surface area contributed by atoms with Gasteiger partial charge in [-0.3, -0.25) is 4.79 Å². The molecule has 8 nitrogen and oxygen atoms in total. The Morgan fingerprint density at radius 3 is 2.14 bits per heavy atom. The Bertz CT molecular complexity index is 1420. The Labute approximate surface area is 210 Å². The lowest BCUT2D eigenvalue weighted by molar-refractivity contribution is 0.102. The summed E-state index contributed by atoms with van der Waals surface area (Å²) in [7, 11) is -3.88. The molecule has 2 N–H and O–H groups in total. The molecule has 0 aliphatic carbocycles. The number of hydrogen-bond donors (Lipinski definition) is 2. The summed E-state index contributed by atoms with van der Waals surface area (Å²) in [5.74, 6) is 0.373. The van der Waals surface area contributed by atoms with E-state index >= 15 is 0 Å². The molecule has 0 aliphatic heterocycles. The van der Waals surface area contributed by atoms with Gasteiger partial charge < -0.3 is 10.1 Å². The summed E-state index contributed by atoms with van der Waals surface area (Å²) in [6.45, 7) is 4.06. The largest absolute Gasteiger partial charge is 0.493 e. The Morgan fingerprint density at radius 1 is 0.861 bits per heavy atom. The van der Waals surface area contributed by atoms with Gasteiger partial charge in [-0.15, -0.1) is 0 Å². The summed E-state index contributed by atoms with van der Waals surface area (Å²) in [6.07, 6.45) is 0.794. The van der Waals surface area contributed by atoms with Gasteiger partial charge in [0, 0.05) is 29.1 Å². The first-order valence-electron chi connectivity index (χ1n) is 11.3. The predicted molar refractivity (Wildman–Crippen MR) is 139 cm³/mol. The van der Waals surface area contributed by atoms with E-state index in [1.807, 2.05) is 18.2 Å². The second-order valence-corrected chi connectivity index (χ2v) is 9.85. The zero-order valence-corrected chi connectivity index (χ0v) is 20.7. The molecule has 36 heavy (non-hydrogen) atoms. The maximum atomic E-state index is 12.7. The smallest absolute Gasteiger partial charge is 0.264 e. The van der Waals surface area contributed by atoms with Crippen molar-refractivity contribution in [3.05, 3.63) is 107 Å². The first-order valence-corrected chi connectivity index (χ1v) is 12.8. The van der Waals surface area contributed by atoms with Crippen LogP contribution in [0.5, 0.6) is 5.75 Å². The van der Waals surface area contributed by atoms with Crippen molar-refractivity contribution in [2.45, 2.75) is 25.2 Å². The van der Waals surface area contributed by atoms with Crippen molar-refractivity contribution in [3.63, 3.8) is 0 Å². The van der Waals surface area contributed by atoms with E-state index < -0.39 is 10.0 Å². The Hall–Kier alpha value is -4.24. The van der Waals surface area contributed by atoms with E-state index in [0.29, 0.717) is 35.0 Å². The number of anilines is 2. The molecule has 0 bridgehead atoms. The minimum Gasteiger partial charge on any atom is -0.493 e. The number of aromatic nitrogens is 2. The Kier molecular flexibility index (Phi) is 7.60. The van der Waals surface area contributed by atoms with Crippen LogP contribution in [-0.4, -0.2) is 30.9 Å². The molecule has 1 aromatic heterocycles. The number of nitrogens with one attached hydrogen (secondary N) is 2. The van der Waals surface area contributed by atoms with Crippen LogP contribution in [0.3, 0.4) is 0 Å². The Balaban J connectivity index is 1.33. The number of nitrogens with zero attached hydrogens (tertiary/aromatic N) is 2. The second kappa shape index (κ2) is 11.0. The number of benzene rings is 3. The molecule has 0 saturated heterocycles. The third kappa shape index (κ3) is 6.67. The lowest BCUT2D eigenvalue weighted by atomic mass is 10.2. The number of carbonyl (C=O) groups is 1. The molecule has 1 heterocycles. The molecule has 4 aromatic rings. The summed E-state index contributed by atoms with van der Waals surface area (Å²) in [5.41, 5.74) is 3.43. The molecular formula is C27H26N4O4S. The summed E-state index contributed by atoms with van der Waals surface area (Å²) in [4.78, 5) is 20.8. The van der Waals surface area contributed by atoms with Crippen molar-refractivity contribution in [1.29, 1.82) is 0 Å². The number of aryl methyl sites for hydroxylation is 2. The number of rotatable bonds is 9. The zero-order valence-electron chi connectivity index (χ0n) is 19.9. The SMILES string of the molecule is Cc1cc(C)nc(NS(=O)(=O)c2ccc(NC(=O)c3ccc(OCCc4ccccc4)cc3)cc2)n1. The molecule has 0 saturated carbocycles. The van der Waals surface area contributed by atoms with Gasteiger partial charge in [-0.1, -0.05) is 30.3 Å². The van der Waals surface area contributed by atoms with Crippen molar-refractivity contribution in [3.8, 4) is 5.75 Å². The van der Waals surface area contributed by atoms with Crippen LogP contribution in [0.2, 0.25) is 0 Å². The summed E-state index contributed by atoms with van der Waals surface area (Å²) in [5, 5.41) is 2.77. The normalized spacial score (nSPS) is 11.1. The number of sulfonamides is 1. The molecule has 0 spiro atoms. The quantitative estimate of drug-likeness (QED) is 0.341. The first kappa shape index (κ1) is 24.9. The van der Waals surface area contributed by atoms with Gasteiger partial charge in [0.2, 0.25) is 5.95 Å². The van der Waals surface area contributed by atoms with E-state index in [1.165, 1.54) is 29.8 Å². The van der Waals surface area contributed by atoms with Crippen molar-refractivity contribution in [1.82, 2.24) is 9.97 Å². The molecular weight excluding hydrogens is 476 g/mol. The average Bonchev–Trinajstić information content (AvgIpc) is 2.84. The second-order valence-electron chi connectivity index (χ2n) is 8.17. The first-order chi connectivity index (χ1) is 17.3. The van der Waals surface area contributed by atoms with Crippen molar-refractivity contribution in [2.24, 2.45) is 0 Å². The highest BCUT2D eigenvalue weighted by molar-refractivity contribution is 7.92. The van der Waals surface area contributed by atoms with Gasteiger partial charge in [0.25, 0.3) is 15.9 Å². The van der Waals surface area contributed by atoms with Gasteiger partial charge in [-0.2, -0.15) is 0 Å². The van der Waals surface area contributed by atoms with Crippen LogP contribution in [0.25, 0.3) is 0 Å². The maximum absolute atomic E-state index is 12.7. The molecule has 184 valence electrons. The maximum Gasteiger partial charge on any atom is 0.264 e. The monoisotopic (exact) mass is 502 g/mol. The summed E-state index contributed by atoms with van der Waals surface area (Å²) < 4.78 is 33.5. The van der Waals surface area contributed by atoms with Crippen LogP contribution in [0.1, 0.15) is 27.3 Å². The zero-order chi connectivity index (χ0) is 25.5. The van der Waals surface area contributed by atoms with Crippen molar-refractivity contribution < 1.29 is 17.9 Å². The highest BCUT2D eigenvalue weighted by Gasteiger charge is 2.16. The van der Waals surface area contributed by atoms with E-state index in [9.17, 15) is 13.2 Å². The standard InChI is InChI=1S/C27H26N4O4S/c1-19-18-20(2)29-27(28-19)31-36(33,34)25-14-10-23(11-15-25)30-26(32)22-8-12-24(13-9-22)35-17-16-21-6-4-3-5-7-21/h3-15,18H,16-17H2,1-2H3,(H,30,32)(H,28,29,31). The van der Waals surface area contributed by atoms with E-state index in [-0.39, 0.29) is 16.8 Å². The van der Waals surface area contributed by atoms with E-state index in [4.69, 9.17) is 4.74 Å². The van der Waals surface area contributed by atoms with Gasteiger partial charge in [0.05, 0.1) is 11.5 Å². The molecule has 4 rings (SSSR count). The van der Waals surface area contributed by atoms with Crippen LogP contribution in [-0.2, 0) is 16.4 Å². The molecule has 0 atom stereocenters. The van der Waals surface area contributed by atoms with Gasteiger partial charge in [0.15, 0.2) is 0 Å². The fourth-order valence-electron chi connectivity index (χ4n) is 3.51. The minimum atomic E-state index is -3.88. The fraction of sp³-hybridized carbons (Fsp3) is 0.148. The number of hydrogen-bond acceptors (Lipinski definition) is 6. The number of carbonyl (C=O) groups excluding carboxylic acids is 1. The minimum absolute atomic E-state index is 0.0115. The third-order valence-corrected chi connectivity index (χ3v) is 6.59. The van der Waals surface area contributed by atoms with Crippen LogP contribution < -0.4 is 14.8 Å². The third-order valence-electron chi connectivity index (χ3n) is 5.25. The van der Waals surface area contributed by atoms with Gasteiger partial charge >= 0.3 is 0 Å². The van der Waals surface area contributed by atoms with Gasteiger partial charge in [-0.25, -0.2) is 23.1 Å². The molecule has 3 aromatic carbocycles. The highest BCUT2D eigenvalue weighted by atomic mass is 32.2. The summed E-state index contributed by atoms with van der Waals surface area (Å²) >= 11 is 0. The Morgan fingerprint density at radius 2 is 1.50 bits per heavy atom. The number of amides is 1. The van der Waals surface area contributed by atoms with Crippen molar-refractivity contribution in [2.75, 3.05) is 16.6 Å². The average molecular weight is 503 g/mol. The fourth-order valence-corrected chi connectivity index (χ4v) is 4.45. The van der Waals surface area contributed by atoms with Crippen LogP contribution in [0.15, 0.2) is 89.8 Å². The van der Waals surface area contributed by atoms with Gasteiger partial charge in [0.1, 0.15) is 5.75 Å². The van der Waals surface area contributed by atoms with Crippen molar-refractivity contribution >= 4 is 27.6 Å².